The predicted octanol–water partition coefficient (Wildman–Crippen LogP) is 11.8. The molecular weight excluding hydrogens is 599 g/mol. The highest BCUT2D eigenvalue weighted by Crippen LogP contribution is 2.42. The summed E-state index contributed by atoms with van der Waals surface area (Å²) in [5, 5.41) is 2.00. The standard InChI is InChI=1S/C45H29N3O/c1-4-12-30(13-5-1)32-20-24-34(25-21-32)37-28-29-40-41(38-18-10-11-19-39(38)49-40)42(37)45-47-43(35-16-8-3-9-17-35)46-44(48-45)36-26-22-33(23-27-36)31-14-6-2-7-15-31/h1-29H. The van der Waals surface area contributed by atoms with E-state index in [1.54, 1.807) is 0 Å². The molecule has 0 fully saturated rings. The van der Waals surface area contributed by atoms with Gasteiger partial charge in [-0.2, -0.15) is 0 Å². The van der Waals surface area contributed by atoms with Crippen molar-refractivity contribution < 1.29 is 4.42 Å². The number of nitrogens with zero attached hydrogens (tertiary/aromatic N) is 3. The summed E-state index contributed by atoms with van der Waals surface area (Å²) in [5.41, 5.74) is 11.1. The molecule has 0 aliphatic rings. The summed E-state index contributed by atoms with van der Waals surface area (Å²) in [6.45, 7) is 0. The molecule has 4 heteroatoms. The summed E-state index contributed by atoms with van der Waals surface area (Å²) < 4.78 is 6.40. The Morgan fingerprint density at radius 1 is 0.306 bits per heavy atom. The predicted molar refractivity (Wildman–Crippen MR) is 200 cm³/mol. The molecule has 0 atom stereocenters. The zero-order valence-electron chi connectivity index (χ0n) is 26.5. The van der Waals surface area contributed by atoms with Crippen molar-refractivity contribution in [2.75, 3.05) is 0 Å². The largest absolute Gasteiger partial charge is 0.456 e. The Morgan fingerprint density at radius 3 is 1.33 bits per heavy atom. The first-order valence-electron chi connectivity index (χ1n) is 16.4. The highest BCUT2D eigenvalue weighted by molar-refractivity contribution is 6.15. The number of fused-ring (bicyclic) bond motifs is 3. The van der Waals surface area contributed by atoms with Gasteiger partial charge in [0.2, 0.25) is 0 Å². The van der Waals surface area contributed by atoms with Crippen LogP contribution in [-0.2, 0) is 0 Å². The van der Waals surface area contributed by atoms with Gasteiger partial charge in [-0.15, -0.1) is 0 Å². The maximum Gasteiger partial charge on any atom is 0.165 e. The third kappa shape index (κ3) is 5.35. The summed E-state index contributed by atoms with van der Waals surface area (Å²) in [6, 6.07) is 60.4. The first kappa shape index (κ1) is 28.6. The fourth-order valence-electron chi connectivity index (χ4n) is 6.54. The van der Waals surface area contributed by atoms with Crippen molar-refractivity contribution in [1.82, 2.24) is 15.0 Å². The van der Waals surface area contributed by atoms with Gasteiger partial charge in [-0.05, 0) is 51.6 Å². The van der Waals surface area contributed by atoms with Crippen molar-refractivity contribution in [1.29, 1.82) is 0 Å². The normalized spacial score (nSPS) is 11.3. The van der Waals surface area contributed by atoms with Gasteiger partial charge < -0.3 is 4.42 Å². The molecule has 0 spiro atoms. The van der Waals surface area contributed by atoms with E-state index >= 15 is 0 Å². The second kappa shape index (κ2) is 12.2. The summed E-state index contributed by atoms with van der Waals surface area (Å²) in [5.74, 6) is 1.82. The minimum Gasteiger partial charge on any atom is -0.456 e. The number of furan rings is 1. The van der Waals surface area contributed by atoms with Crippen LogP contribution in [0.5, 0.6) is 0 Å². The number of para-hydroxylation sites is 1. The van der Waals surface area contributed by atoms with Crippen molar-refractivity contribution in [3.63, 3.8) is 0 Å². The van der Waals surface area contributed by atoms with E-state index in [2.05, 4.69) is 115 Å². The molecule has 2 heterocycles. The number of rotatable bonds is 6. The zero-order chi connectivity index (χ0) is 32.6. The van der Waals surface area contributed by atoms with Crippen LogP contribution < -0.4 is 0 Å². The van der Waals surface area contributed by atoms with E-state index in [1.165, 1.54) is 5.56 Å². The van der Waals surface area contributed by atoms with Crippen molar-refractivity contribution in [2.24, 2.45) is 0 Å². The Hall–Kier alpha value is -6.65. The molecule has 0 aliphatic carbocycles. The fourth-order valence-corrected chi connectivity index (χ4v) is 6.54. The average molecular weight is 628 g/mol. The third-order valence-corrected chi connectivity index (χ3v) is 8.99. The van der Waals surface area contributed by atoms with E-state index in [9.17, 15) is 0 Å². The molecule has 0 radical (unpaired) electrons. The first-order chi connectivity index (χ1) is 24.3. The zero-order valence-corrected chi connectivity index (χ0v) is 26.5. The van der Waals surface area contributed by atoms with Crippen LogP contribution in [0.25, 0.3) is 89.5 Å². The van der Waals surface area contributed by atoms with Crippen molar-refractivity contribution in [2.45, 2.75) is 0 Å². The van der Waals surface area contributed by atoms with E-state index in [-0.39, 0.29) is 0 Å². The van der Waals surface area contributed by atoms with Crippen molar-refractivity contribution in [3.8, 4) is 67.5 Å². The minimum absolute atomic E-state index is 0.593. The van der Waals surface area contributed by atoms with Gasteiger partial charge in [-0.3, -0.25) is 0 Å². The van der Waals surface area contributed by atoms with Gasteiger partial charge in [0.05, 0.1) is 0 Å². The van der Waals surface area contributed by atoms with Gasteiger partial charge in [0.1, 0.15) is 11.2 Å². The Bertz CT molecular complexity index is 2560. The molecule has 7 aromatic carbocycles. The van der Waals surface area contributed by atoms with E-state index in [0.29, 0.717) is 17.5 Å². The quantitative estimate of drug-likeness (QED) is 0.184. The lowest BCUT2D eigenvalue weighted by Gasteiger charge is -2.14. The first-order valence-corrected chi connectivity index (χ1v) is 16.4. The fraction of sp³-hybridized carbons (Fsp3) is 0. The van der Waals surface area contributed by atoms with Crippen LogP contribution >= 0.6 is 0 Å². The molecule has 9 aromatic rings. The van der Waals surface area contributed by atoms with Gasteiger partial charge >= 0.3 is 0 Å². The molecule has 49 heavy (non-hydrogen) atoms. The molecule has 0 saturated carbocycles. The number of aromatic nitrogens is 3. The van der Waals surface area contributed by atoms with E-state index in [0.717, 1.165) is 66.4 Å². The molecule has 2 aromatic heterocycles. The van der Waals surface area contributed by atoms with Gasteiger partial charge in [0.15, 0.2) is 17.5 Å². The molecule has 0 saturated heterocycles. The second-order valence-electron chi connectivity index (χ2n) is 12.0. The lowest BCUT2D eigenvalue weighted by molar-refractivity contribution is 0.669. The summed E-state index contributed by atoms with van der Waals surface area (Å²) >= 11 is 0. The van der Waals surface area contributed by atoms with E-state index < -0.39 is 0 Å². The van der Waals surface area contributed by atoms with Gasteiger partial charge in [-0.1, -0.05) is 158 Å². The third-order valence-electron chi connectivity index (χ3n) is 8.99. The SMILES string of the molecule is c1ccc(-c2ccc(-c3nc(-c4ccccc4)nc(-c4c(-c5ccc(-c6ccccc6)cc5)ccc5oc6ccccc6c45)n3)cc2)cc1. The summed E-state index contributed by atoms with van der Waals surface area (Å²) in [4.78, 5) is 15.4. The molecule has 4 nitrogen and oxygen atoms in total. The Labute approximate surface area is 284 Å². The lowest BCUT2D eigenvalue weighted by Crippen LogP contribution is -2.01. The van der Waals surface area contributed by atoms with Crippen LogP contribution in [0.4, 0.5) is 0 Å². The Morgan fingerprint density at radius 2 is 0.735 bits per heavy atom. The lowest BCUT2D eigenvalue weighted by atomic mass is 9.93. The molecule has 9 rings (SSSR count). The van der Waals surface area contributed by atoms with E-state index in [1.807, 2.05) is 60.7 Å². The van der Waals surface area contributed by atoms with Gasteiger partial charge in [0.25, 0.3) is 0 Å². The summed E-state index contributed by atoms with van der Waals surface area (Å²) in [7, 11) is 0. The summed E-state index contributed by atoms with van der Waals surface area (Å²) in [6.07, 6.45) is 0. The molecule has 0 amide bonds. The number of hydrogen-bond donors (Lipinski definition) is 0. The Balaban J connectivity index is 1.27. The molecule has 0 aliphatic heterocycles. The number of hydrogen-bond acceptors (Lipinski definition) is 4. The molecule has 0 bridgehead atoms. The van der Waals surface area contributed by atoms with Crippen LogP contribution in [0.1, 0.15) is 0 Å². The second-order valence-corrected chi connectivity index (χ2v) is 12.0. The van der Waals surface area contributed by atoms with Crippen molar-refractivity contribution >= 4 is 21.9 Å². The highest BCUT2D eigenvalue weighted by Gasteiger charge is 2.22. The van der Waals surface area contributed by atoms with E-state index in [4.69, 9.17) is 19.4 Å². The highest BCUT2D eigenvalue weighted by atomic mass is 16.3. The maximum absolute atomic E-state index is 6.40. The van der Waals surface area contributed by atoms with Crippen molar-refractivity contribution in [3.05, 3.63) is 176 Å². The molecule has 230 valence electrons. The van der Waals surface area contributed by atoms with Crippen LogP contribution in [0.15, 0.2) is 180 Å². The van der Waals surface area contributed by atoms with Crippen LogP contribution in [0.3, 0.4) is 0 Å². The minimum atomic E-state index is 0.593. The van der Waals surface area contributed by atoms with Gasteiger partial charge in [-0.25, -0.2) is 15.0 Å². The topological polar surface area (TPSA) is 51.8 Å². The monoisotopic (exact) mass is 627 g/mol. The van der Waals surface area contributed by atoms with Crippen LogP contribution in [0, 0.1) is 0 Å². The smallest absolute Gasteiger partial charge is 0.165 e. The maximum atomic E-state index is 6.40. The van der Waals surface area contributed by atoms with Crippen LogP contribution in [-0.4, -0.2) is 15.0 Å². The Kier molecular flexibility index (Phi) is 7.10. The molecular formula is C45H29N3O. The molecule has 0 unspecified atom stereocenters. The molecule has 0 N–H and O–H groups in total. The van der Waals surface area contributed by atoms with Gasteiger partial charge in [0, 0.05) is 27.5 Å². The average Bonchev–Trinajstić information content (AvgIpc) is 3.57. The number of benzene rings is 7. The van der Waals surface area contributed by atoms with Crippen LogP contribution in [0.2, 0.25) is 0 Å².